The van der Waals surface area contributed by atoms with E-state index in [9.17, 15) is 0 Å². The normalized spacial score (nSPS) is 7.76. The summed E-state index contributed by atoms with van der Waals surface area (Å²) < 4.78 is 16.9. The molecule has 0 unspecified atom stereocenters. The third-order valence-corrected chi connectivity index (χ3v) is 1.51. The predicted octanol–water partition coefficient (Wildman–Crippen LogP) is 2.17. The van der Waals surface area contributed by atoms with Gasteiger partial charge in [-0.3, -0.25) is 0 Å². The second kappa shape index (κ2) is 10.7. The molecule has 0 heterocycles. The quantitative estimate of drug-likeness (QED) is 0.731. The minimum atomic E-state index is -1.62. The average molecular weight is 299 g/mol. The minimum absolute atomic E-state index is 0.322. The van der Waals surface area contributed by atoms with Crippen molar-refractivity contribution in [3.05, 3.63) is 60.7 Å². The molecule has 0 atom stereocenters. The zero-order valence-electron chi connectivity index (χ0n) is 8.89. The van der Waals surface area contributed by atoms with Gasteiger partial charge in [0.2, 0.25) is 0 Å². The molecule has 0 bridgehead atoms. The van der Waals surface area contributed by atoms with Gasteiger partial charge in [-0.05, 0) is 24.3 Å². The van der Waals surface area contributed by atoms with Gasteiger partial charge in [0.15, 0.2) is 0 Å². The van der Waals surface area contributed by atoms with Crippen molar-refractivity contribution in [3.63, 3.8) is 0 Å². The maximum Gasteiger partial charge on any atom is 0.115 e. The minimum Gasteiger partial charge on any atom is -0.508 e. The first kappa shape index (κ1) is 15.2. The molecule has 2 N–H and O–H groups in total. The molecule has 0 aromatic heterocycles. The van der Waals surface area contributed by atoms with Crippen molar-refractivity contribution >= 4 is 14.8 Å². The van der Waals surface area contributed by atoms with E-state index in [-0.39, 0.29) is 0 Å². The van der Waals surface area contributed by atoms with Crippen LogP contribution < -0.4 is 0 Å². The van der Waals surface area contributed by atoms with Crippen LogP contribution in [0.25, 0.3) is 0 Å². The van der Waals surface area contributed by atoms with Gasteiger partial charge < -0.3 is 10.2 Å². The van der Waals surface area contributed by atoms with Gasteiger partial charge in [-0.2, -0.15) is 0 Å². The predicted molar refractivity (Wildman–Crippen MR) is 63.3 cm³/mol. The number of phenolic OH excluding ortho intramolecular Hbond substituents is 2. The number of para-hydroxylation sites is 2. The first-order valence-corrected chi connectivity index (χ1v) is 6.00. The standard InChI is InChI=1S/2C6H6O.O2Se/c2*7-6-4-2-1-3-5-6;1-3-2/h2*1-5,7H;. The van der Waals surface area contributed by atoms with Crippen molar-refractivity contribution in [2.24, 2.45) is 0 Å². The number of aromatic hydroxyl groups is 2. The second-order valence-electron chi connectivity index (χ2n) is 2.74. The van der Waals surface area contributed by atoms with E-state index in [1.807, 2.05) is 12.1 Å². The molecule has 0 radical (unpaired) electrons. The van der Waals surface area contributed by atoms with Crippen LogP contribution in [0, 0.1) is 0 Å². The third-order valence-electron chi connectivity index (χ3n) is 1.51. The summed E-state index contributed by atoms with van der Waals surface area (Å²) in [6.45, 7) is 0. The molecular weight excluding hydrogens is 287 g/mol. The number of hydrogen-bond donors (Lipinski definition) is 2. The van der Waals surface area contributed by atoms with Gasteiger partial charge in [-0.1, -0.05) is 36.4 Å². The first-order valence-electron chi connectivity index (χ1n) is 4.60. The first-order chi connectivity index (χ1) is 8.20. The summed E-state index contributed by atoms with van der Waals surface area (Å²) >= 11 is -1.62. The fourth-order valence-corrected chi connectivity index (χ4v) is 0.856. The number of benzene rings is 2. The van der Waals surface area contributed by atoms with E-state index < -0.39 is 14.8 Å². The zero-order chi connectivity index (χ0) is 12.9. The van der Waals surface area contributed by atoms with Crippen LogP contribution in [0.5, 0.6) is 11.5 Å². The van der Waals surface area contributed by atoms with Crippen LogP contribution >= 0.6 is 0 Å². The maximum absolute atomic E-state index is 8.63. The monoisotopic (exact) mass is 300 g/mol. The number of rotatable bonds is 0. The van der Waals surface area contributed by atoms with Gasteiger partial charge >= 0.3 is 22.5 Å². The van der Waals surface area contributed by atoms with E-state index in [1.165, 1.54) is 0 Å². The topological polar surface area (TPSA) is 74.6 Å². The van der Waals surface area contributed by atoms with E-state index in [2.05, 4.69) is 0 Å². The molecule has 0 spiro atoms. The Labute approximate surface area is 105 Å². The van der Waals surface area contributed by atoms with Crippen molar-refractivity contribution < 1.29 is 17.9 Å². The molecule has 0 aliphatic carbocycles. The van der Waals surface area contributed by atoms with Gasteiger partial charge in [0.05, 0.1) is 0 Å². The number of hydrogen-bond acceptors (Lipinski definition) is 4. The summed E-state index contributed by atoms with van der Waals surface area (Å²) in [5.74, 6) is 0.644. The summed E-state index contributed by atoms with van der Waals surface area (Å²) in [4.78, 5) is 0. The van der Waals surface area contributed by atoms with Crippen LogP contribution in [0.15, 0.2) is 60.7 Å². The van der Waals surface area contributed by atoms with Crippen molar-refractivity contribution in [1.29, 1.82) is 0 Å². The molecule has 2 aromatic rings. The SMILES string of the molecule is O=[Se]=O.Oc1ccccc1.Oc1ccccc1. The Morgan fingerprint density at radius 2 is 0.882 bits per heavy atom. The summed E-state index contributed by atoms with van der Waals surface area (Å²) in [5, 5.41) is 17.3. The molecule has 0 amide bonds. The van der Waals surface area contributed by atoms with Crippen molar-refractivity contribution in [1.82, 2.24) is 0 Å². The average Bonchev–Trinajstić information content (AvgIpc) is 2.33. The van der Waals surface area contributed by atoms with Crippen LogP contribution in [-0.4, -0.2) is 25.0 Å². The van der Waals surface area contributed by atoms with Crippen LogP contribution in [0.1, 0.15) is 0 Å². The van der Waals surface area contributed by atoms with Gasteiger partial charge in [-0.25, -0.2) is 0 Å². The summed E-state index contributed by atoms with van der Waals surface area (Å²) in [7, 11) is 0. The third kappa shape index (κ3) is 10.4. The summed E-state index contributed by atoms with van der Waals surface area (Å²) in [6.07, 6.45) is 0. The van der Waals surface area contributed by atoms with Gasteiger partial charge in [-0.15, -0.1) is 0 Å². The Morgan fingerprint density at radius 1 is 0.647 bits per heavy atom. The van der Waals surface area contributed by atoms with Crippen molar-refractivity contribution in [2.75, 3.05) is 0 Å². The molecule has 2 aromatic carbocycles. The molecule has 5 heteroatoms. The molecule has 2 rings (SSSR count). The van der Waals surface area contributed by atoms with Gasteiger partial charge in [0.1, 0.15) is 11.5 Å². The molecule has 4 nitrogen and oxygen atoms in total. The van der Waals surface area contributed by atoms with Crippen molar-refractivity contribution in [2.45, 2.75) is 0 Å². The van der Waals surface area contributed by atoms with E-state index in [1.54, 1.807) is 48.5 Å². The van der Waals surface area contributed by atoms with E-state index in [0.29, 0.717) is 11.5 Å². The van der Waals surface area contributed by atoms with Gasteiger partial charge in [0.25, 0.3) is 0 Å². The van der Waals surface area contributed by atoms with E-state index in [0.717, 1.165) is 0 Å². The second-order valence-corrected chi connectivity index (χ2v) is 3.02. The van der Waals surface area contributed by atoms with Crippen LogP contribution in [0.3, 0.4) is 0 Å². The Morgan fingerprint density at radius 3 is 1.00 bits per heavy atom. The van der Waals surface area contributed by atoms with Crippen LogP contribution in [-0.2, 0) is 7.67 Å². The largest absolute Gasteiger partial charge is 0.508 e. The zero-order valence-corrected chi connectivity index (χ0v) is 10.6. The maximum atomic E-state index is 8.63. The molecule has 0 fully saturated rings. The summed E-state index contributed by atoms with van der Waals surface area (Å²) in [5.41, 5.74) is 0. The number of phenols is 2. The fourth-order valence-electron chi connectivity index (χ4n) is 0.856. The Hall–Kier alpha value is -1.84. The Bertz CT molecular complexity index is 387. The summed E-state index contributed by atoms with van der Waals surface area (Å²) in [6, 6.07) is 17.4. The fraction of sp³-hybridized carbons (Fsp3) is 0. The molecule has 17 heavy (non-hydrogen) atoms. The van der Waals surface area contributed by atoms with E-state index >= 15 is 0 Å². The Kier molecular flexibility index (Phi) is 9.51. The smallest absolute Gasteiger partial charge is 0.115 e. The van der Waals surface area contributed by atoms with Crippen LogP contribution in [0.4, 0.5) is 0 Å². The van der Waals surface area contributed by atoms with Gasteiger partial charge in [0, 0.05) is 0 Å². The molecule has 0 aliphatic rings. The van der Waals surface area contributed by atoms with Crippen LogP contribution in [0.2, 0.25) is 0 Å². The Balaban J connectivity index is 0.000000247. The van der Waals surface area contributed by atoms with Crippen molar-refractivity contribution in [3.8, 4) is 11.5 Å². The molecule has 0 aliphatic heterocycles. The molecule has 90 valence electrons. The molecular formula is C12H12O4Se. The molecule has 0 saturated heterocycles. The van der Waals surface area contributed by atoms with E-state index in [4.69, 9.17) is 17.9 Å². The molecule has 0 saturated carbocycles.